The highest BCUT2D eigenvalue weighted by molar-refractivity contribution is 5.23. The molecule has 0 unspecified atom stereocenters. The molecule has 0 aliphatic heterocycles. The highest BCUT2D eigenvalue weighted by Gasteiger charge is 1.98. The van der Waals surface area contributed by atoms with Crippen molar-refractivity contribution in [2.45, 2.75) is 13.5 Å². The van der Waals surface area contributed by atoms with Crippen LogP contribution in [0.15, 0.2) is 42.7 Å². The molecule has 0 radical (unpaired) electrons. The molecule has 1 aromatic heterocycles. The van der Waals surface area contributed by atoms with Gasteiger partial charge in [0.2, 0.25) is 0 Å². The Bertz CT molecular complexity index is 435. The van der Waals surface area contributed by atoms with E-state index in [-0.39, 0.29) is 5.82 Å². The van der Waals surface area contributed by atoms with Crippen LogP contribution in [-0.4, -0.2) is 4.68 Å². The van der Waals surface area contributed by atoms with Gasteiger partial charge >= 0.3 is 0 Å². The van der Waals surface area contributed by atoms with Gasteiger partial charge < -0.3 is 5.43 Å². The van der Waals surface area contributed by atoms with E-state index >= 15 is 0 Å². The van der Waals surface area contributed by atoms with Crippen LogP contribution >= 0.6 is 0 Å². The minimum atomic E-state index is -0.151. The molecule has 2 rings (SSSR count). The second-order valence-corrected chi connectivity index (χ2v) is 3.51. The first-order valence-electron chi connectivity index (χ1n) is 4.87. The number of nitrogens with zero attached hydrogens (tertiary/aromatic N) is 1. The Labute approximate surface area is 88.3 Å². The zero-order valence-corrected chi connectivity index (χ0v) is 8.57. The molecule has 0 amide bonds. The van der Waals surface area contributed by atoms with Gasteiger partial charge in [0.25, 0.3) is 0 Å². The van der Waals surface area contributed by atoms with Crippen molar-refractivity contribution in [2.75, 3.05) is 5.43 Å². The van der Waals surface area contributed by atoms with Gasteiger partial charge in [0, 0.05) is 12.4 Å². The third-order valence-electron chi connectivity index (χ3n) is 2.31. The van der Waals surface area contributed by atoms with Crippen molar-refractivity contribution in [3.63, 3.8) is 0 Å². The normalized spacial score (nSPS) is 10.3. The zero-order valence-electron chi connectivity index (χ0n) is 8.57. The number of benzene rings is 1. The van der Waals surface area contributed by atoms with Crippen molar-refractivity contribution >= 4 is 0 Å². The predicted molar refractivity (Wildman–Crippen MR) is 58.6 cm³/mol. The SMILES string of the molecule is Cc1ccc(CNn2cccc2)cc1F. The fourth-order valence-electron chi connectivity index (χ4n) is 1.37. The number of aromatic nitrogens is 1. The van der Waals surface area contributed by atoms with Crippen molar-refractivity contribution in [3.8, 4) is 0 Å². The number of nitrogens with one attached hydrogen (secondary N) is 1. The molecule has 0 atom stereocenters. The van der Waals surface area contributed by atoms with Gasteiger partial charge in [-0.2, -0.15) is 0 Å². The van der Waals surface area contributed by atoms with Crippen LogP contribution in [0.1, 0.15) is 11.1 Å². The molecule has 1 N–H and O–H groups in total. The minimum absolute atomic E-state index is 0.151. The van der Waals surface area contributed by atoms with E-state index in [9.17, 15) is 4.39 Å². The van der Waals surface area contributed by atoms with Crippen LogP contribution in [-0.2, 0) is 6.54 Å². The zero-order chi connectivity index (χ0) is 10.7. The molecule has 78 valence electrons. The van der Waals surface area contributed by atoms with E-state index in [0.29, 0.717) is 12.1 Å². The maximum atomic E-state index is 13.2. The quantitative estimate of drug-likeness (QED) is 0.813. The second-order valence-electron chi connectivity index (χ2n) is 3.51. The summed E-state index contributed by atoms with van der Waals surface area (Å²) in [7, 11) is 0. The van der Waals surface area contributed by atoms with E-state index in [0.717, 1.165) is 5.56 Å². The van der Waals surface area contributed by atoms with Crippen molar-refractivity contribution in [1.29, 1.82) is 0 Å². The summed E-state index contributed by atoms with van der Waals surface area (Å²) in [5.41, 5.74) is 4.75. The minimum Gasteiger partial charge on any atom is -0.322 e. The van der Waals surface area contributed by atoms with Gasteiger partial charge in [0.1, 0.15) is 5.82 Å². The summed E-state index contributed by atoms with van der Waals surface area (Å²) >= 11 is 0. The fourth-order valence-corrected chi connectivity index (χ4v) is 1.37. The molecule has 2 aromatic rings. The molecule has 0 aliphatic rings. The molecule has 1 aromatic carbocycles. The summed E-state index contributed by atoms with van der Waals surface area (Å²) in [4.78, 5) is 0. The van der Waals surface area contributed by atoms with Crippen LogP contribution in [0.5, 0.6) is 0 Å². The molecule has 0 saturated heterocycles. The topological polar surface area (TPSA) is 17.0 Å². The predicted octanol–water partition coefficient (Wildman–Crippen LogP) is 2.68. The highest BCUT2D eigenvalue weighted by Crippen LogP contribution is 2.09. The van der Waals surface area contributed by atoms with Crippen molar-refractivity contribution in [2.24, 2.45) is 0 Å². The molecule has 2 nitrogen and oxygen atoms in total. The van der Waals surface area contributed by atoms with Crippen molar-refractivity contribution in [1.82, 2.24) is 4.68 Å². The number of aryl methyl sites for hydroxylation is 1. The summed E-state index contributed by atoms with van der Waals surface area (Å²) in [5, 5.41) is 0. The maximum absolute atomic E-state index is 13.2. The van der Waals surface area contributed by atoms with E-state index in [4.69, 9.17) is 0 Å². The largest absolute Gasteiger partial charge is 0.322 e. The van der Waals surface area contributed by atoms with Crippen LogP contribution in [0.4, 0.5) is 4.39 Å². The lowest BCUT2D eigenvalue weighted by Gasteiger charge is -2.08. The Hall–Kier alpha value is -1.77. The Morgan fingerprint density at radius 3 is 2.67 bits per heavy atom. The Balaban J connectivity index is 2.02. The molecule has 0 fully saturated rings. The van der Waals surface area contributed by atoms with Gasteiger partial charge in [-0.05, 0) is 36.2 Å². The molecule has 3 heteroatoms. The molecule has 0 aliphatic carbocycles. The molecule has 0 saturated carbocycles. The first kappa shape index (κ1) is 9.77. The third-order valence-corrected chi connectivity index (χ3v) is 2.31. The van der Waals surface area contributed by atoms with Gasteiger partial charge in [0.05, 0.1) is 6.54 Å². The monoisotopic (exact) mass is 204 g/mol. The van der Waals surface area contributed by atoms with Crippen LogP contribution in [0, 0.1) is 12.7 Å². The first-order valence-corrected chi connectivity index (χ1v) is 4.87. The first-order chi connectivity index (χ1) is 7.25. The number of rotatable bonds is 3. The molecule has 1 heterocycles. The van der Waals surface area contributed by atoms with Gasteiger partial charge in [-0.1, -0.05) is 12.1 Å². The van der Waals surface area contributed by atoms with E-state index in [1.807, 2.05) is 35.3 Å². The second kappa shape index (κ2) is 4.17. The van der Waals surface area contributed by atoms with Crippen molar-refractivity contribution < 1.29 is 4.39 Å². The summed E-state index contributed by atoms with van der Waals surface area (Å²) in [6, 6.07) is 9.15. The Morgan fingerprint density at radius 2 is 2.00 bits per heavy atom. The average molecular weight is 204 g/mol. The summed E-state index contributed by atoms with van der Waals surface area (Å²) in [5.74, 6) is -0.151. The molecule has 0 bridgehead atoms. The summed E-state index contributed by atoms with van der Waals surface area (Å²) in [6.07, 6.45) is 3.81. The third kappa shape index (κ3) is 2.37. The molecule has 15 heavy (non-hydrogen) atoms. The van der Waals surface area contributed by atoms with E-state index in [1.165, 1.54) is 0 Å². The van der Waals surface area contributed by atoms with Gasteiger partial charge in [-0.25, -0.2) is 4.39 Å². The van der Waals surface area contributed by atoms with Gasteiger partial charge in [-0.3, -0.25) is 4.68 Å². The Kier molecular flexibility index (Phi) is 2.72. The van der Waals surface area contributed by atoms with E-state index in [2.05, 4.69) is 5.43 Å². The molecular formula is C12H13FN2. The summed E-state index contributed by atoms with van der Waals surface area (Å²) in [6.45, 7) is 2.38. The van der Waals surface area contributed by atoms with Crippen LogP contribution in [0.2, 0.25) is 0 Å². The van der Waals surface area contributed by atoms with Crippen molar-refractivity contribution in [3.05, 3.63) is 59.7 Å². The lowest BCUT2D eigenvalue weighted by atomic mass is 10.1. The van der Waals surface area contributed by atoms with Crippen LogP contribution < -0.4 is 5.43 Å². The van der Waals surface area contributed by atoms with E-state index < -0.39 is 0 Å². The average Bonchev–Trinajstić information content (AvgIpc) is 2.73. The highest BCUT2D eigenvalue weighted by atomic mass is 19.1. The molecule has 0 spiro atoms. The van der Waals surface area contributed by atoms with Gasteiger partial charge in [0.15, 0.2) is 0 Å². The fraction of sp³-hybridized carbons (Fsp3) is 0.167. The van der Waals surface area contributed by atoms with E-state index in [1.54, 1.807) is 19.1 Å². The lowest BCUT2D eigenvalue weighted by Crippen LogP contribution is -2.11. The van der Waals surface area contributed by atoms with Gasteiger partial charge in [-0.15, -0.1) is 0 Å². The standard InChI is InChI=1S/C12H13FN2/c1-10-4-5-11(8-12(10)13)9-14-15-6-2-3-7-15/h2-8,14H,9H2,1H3. The smallest absolute Gasteiger partial charge is 0.126 e. The van der Waals surface area contributed by atoms with Crippen LogP contribution in [0.25, 0.3) is 0 Å². The Morgan fingerprint density at radius 1 is 1.27 bits per heavy atom. The summed E-state index contributed by atoms with van der Waals surface area (Å²) < 4.78 is 15.1. The van der Waals surface area contributed by atoms with Crippen LogP contribution in [0.3, 0.4) is 0 Å². The lowest BCUT2D eigenvalue weighted by molar-refractivity contribution is 0.616. The molecular weight excluding hydrogens is 191 g/mol. The number of hydrogen-bond acceptors (Lipinski definition) is 1. The number of hydrogen-bond donors (Lipinski definition) is 1. The number of halogens is 1. The maximum Gasteiger partial charge on any atom is 0.126 e.